The zero-order valence-electron chi connectivity index (χ0n) is 13.0. The Morgan fingerprint density at radius 2 is 1.87 bits per heavy atom. The van der Waals surface area contributed by atoms with Crippen molar-refractivity contribution in [3.8, 4) is 0 Å². The molecule has 0 bridgehead atoms. The van der Waals surface area contributed by atoms with Crippen LogP contribution in [-0.4, -0.2) is 29.1 Å². The molecule has 1 aromatic carbocycles. The van der Waals surface area contributed by atoms with Crippen molar-refractivity contribution in [2.45, 2.75) is 25.8 Å². The Balaban J connectivity index is 1.55. The minimum Gasteiger partial charge on any atom is -0.356 e. The van der Waals surface area contributed by atoms with Crippen molar-refractivity contribution in [1.82, 2.24) is 15.3 Å². The van der Waals surface area contributed by atoms with Crippen LogP contribution in [-0.2, 0) is 6.54 Å². The molecule has 0 saturated carbocycles. The minimum atomic E-state index is -0.267. The van der Waals surface area contributed by atoms with Gasteiger partial charge in [-0.15, -0.1) is 0 Å². The van der Waals surface area contributed by atoms with E-state index in [2.05, 4.69) is 25.5 Å². The molecule has 2 heterocycles. The van der Waals surface area contributed by atoms with Gasteiger partial charge in [0.25, 0.3) is 0 Å². The highest BCUT2D eigenvalue weighted by molar-refractivity contribution is 5.88. The van der Waals surface area contributed by atoms with Gasteiger partial charge >= 0.3 is 6.03 Å². The molecule has 23 heavy (non-hydrogen) atoms. The van der Waals surface area contributed by atoms with Crippen LogP contribution < -0.4 is 15.5 Å². The van der Waals surface area contributed by atoms with Crippen LogP contribution in [0.4, 0.5) is 16.4 Å². The average Bonchev–Trinajstić information content (AvgIpc) is 2.62. The molecule has 1 aromatic heterocycles. The van der Waals surface area contributed by atoms with Crippen molar-refractivity contribution in [2.75, 3.05) is 23.3 Å². The van der Waals surface area contributed by atoms with Crippen molar-refractivity contribution in [1.29, 1.82) is 0 Å². The third-order valence-electron chi connectivity index (χ3n) is 3.87. The maximum Gasteiger partial charge on any atom is 0.320 e. The number of urea groups is 1. The molecule has 2 aromatic rings. The van der Waals surface area contributed by atoms with Gasteiger partial charge in [-0.3, -0.25) is 5.32 Å². The Bertz CT molecular complexity index is 640. The molecule has 2 N–H and O–H groups in total. The van der Waals surface area contributed by atoms with E-state index < -0.39 is 0 Å². The first-order valence-electron chi connectivity index (χ1n) is 7.97. The number of aromatic nitrogens is 2. The van der Waals surface area contributed by atoms with Crippen molar-refractivity contribution in [2.24, 2.45) is 0 Å². The first kappa shape index (κ1) is 15.3. The van der Waals surface area contributed by atoms with Gasteiger partial charge < -0.3 is 10.2 Å². The Morgan fingerprint density at radius 3 is 2.65 bits per heavy atom. The molecule has 120 valence electrons. The van der Waals surface area contributed by atoms with Crippen LogP contribution in [0.3, 0.4) is 0 Å². The second-order valence-corrected chi connectivity index (χ2v) is 5.60. The lowest BCUT2D eigenvalue weighted by Gasteiger charge is -2.27. The lowest BCUT2D eigenvalue weighted by molar-refractivity contribution is 0.251. The fraction of sp³-hybridized carbons (Fsp3) is 0.353. The predicted octanol–water partition coefficient (Wildman–Crippen LogP) is 2.79. The largest absolute Gasteiger partial charge is 0.356 e. The molecule has 6 nitrogen and oxygen atoms in total. The lowest BCUT2D eigenvalue weighted by atomic mass is 10.1. The minimum absolute atomic E-state index is 0.267. The SMILES string of the molecule is O=C(NCc1ccccc1)Nc1cc(N2CCCCC2)ncn1. The summed E-state index contributed by atoms with van der Waals surface area (Å²) in [6.45, 7) is 2.50. The summed E-state index contributed by atoms with van der Waals surface area (Å²) in [4.78, 5) is 22.6. The number of nitrogens with one attached hydrogen (secondary N) is 2. The van der Waals surface area contributed by atoms with Crippen LogP contribution in [0.25, 0.3) is 0 Å². The van der Waals surface area contributed by atoms with E-state index in [1.54, 1.807) is 0 Å². The predicted molar refractivity (Wildman–Crippen MR) is 90.4 cm³/mol. The van der Waals surface area contributed by atoms with E-state index >= 15 is 0 Å². The number of piperidine rings is 1. The molecule has 1 saturated heterocycles. The Labute approximate surface area is 135 Å². The quantitative estimate of drug-likeness (QED) is 0.911. The summed E-state index contributed by atoms with van der Waals surface area (Å²) in [5.41, 5.74) is 1.05. The Kier molecular flexibility index (Phi) is 5.03. The number of hydrogen-bond donors (Lipinski definition) is 2. The van der Waals surface area contributed by atoms with Gasteiger partial charge in [0.15, 0.2) is 0 Å². The molecule has 0 atom stereocenters. The number of nitrogens with zero attached hydrogens (tertiary/aromatic N) is 3. The summed E-state index contributed by atoms with van der Waals surface area (Å²) in [7, 11) is 0. The molecule has 6 heteroatoms. The zero-order chi connectivity index (χ0) is 15.9. The topological polar surface area (TPSA) is 70.2 Å². The second-order valence-electron chi connectivity index (χ2n) is 5.60. The van der Waals surface area contributed by atoms with Crippen LogP contribution in [0.1, 0.15) is 24.8 Å². The van der Waals surface area contributed by atoms with Gasteiger partial charge in [0.1, 0.15) is 18.0 Å². The van der Waals surface area contributed by atoms with E-state index in [0.717, 1.165) is 24.5 Å². The number of amides is 2. The molecule has 0 radical (unpaired) electrons. The molecule has 0 unspecified atom stereocenters. The van der Waals surface area contributed by atoms with E-state index in [4.69, 9.17) is 0 Å². The summed E-state index contributed by atoms with van der Waals surface area (Å²) in [5.74, 6) is 1.39. The van der Waals surface area contributed by atoms with Gasteiger partial charge in [0.05, 0.1) is 0 Å². The number of hydrogen-bond acceptors (Lipinski definition) is 4. The fourth-order valence-corrected chi connectivity index (χ4v) is 2.65. The summed E-state index contributed by atoms with van der Waals surface area (Å²) in [6.07, 6.45) is 5.14. The van der Waals surface area contributed by atoms with Crippen LogP contribution in [0.2, 0.25) is 0 Å². The normalized spacial score (nSPS) is 14.3. The summed E-state index contributed by atoms with van der Waals surface area (Å²) < 4.78 is 0. The highest BCUT2D eigenvalue weighted by atomic mass is 16.2. The van der Waals surface area contributed by atoms with Gasteiger partial charge in [0, 0.05) is 25.7 Å². The lowest BCUT2D eigenvalue weighted by Crippen LogP contribution is -2.31. The first-order valence-corrected chi connectivity index (χ1v) is 7.97. The fourth-order valence-electron chi connectivity index (χ4n) is 2.65. The Morgan fingerprint density at radius 1 is 1.09 bits per heavy atom. The maximum absolute atomic E-state index is 12.0. The van der Waals surface area contributed by atoms with Crippen LogP contribution >= 0.6 is 0 Å². The standard InChI is InChI=1S/C17H21N5O/c23-17(18-12-14-7-3-1-4-8-14)21-15-11-16(20-13-19-15)22-9-5-2-6-10-22/h1,3-4,7-8,11,13H,2,5-6,9-10,12H2,(H2,18,19,20,21,23). The third-order valence-corrected chi connectivity index (χ3v) is 3.87. The molecule has 2 amide bonds. The monoisotopic (exact) mass is 311 g/mol. The zero-order valence-corrected chi connectivity index (χ0v) is 13.0. The van der Waals surface area contributed by atoms with E-state index in [9.17, 15) is 4.79 Å². The number of rotatable bonds is 4. The number of carbonyl (C=O) groups is 1. The molecular weight excluding hydrogens is 290 g/mol. The van der Waals surface area contributed by atoms with Crippen molar-refractivity contribution >= 4 is 17.7 Å². The maximum atomic E-state index is 12.0. The molecular formula is C17H21N5O. The number of benzene rings is 1. The number of carbonyl (C=O) groups excluding carboxylic acids is 1. The number of anilines is 2. The molecule has 1 fully saturated rings. The van der Waals surface area contributed by atoms with Gasteiger partial charge in [-0.2, -0.15) is 0 Å². The van der Waals surface area contributed by atoms with Gasteiger partial charge in [-0.05, 0) is 24.8 Å². The van der Waals surface area contributed by atoms with Gasteiger partial charge in [0.2, 0.25) is 0 Å². The van der Waals surface area contributed by atoms with Crippen LogP contribution in [0, 0.1) is 0 Å². The van der Waals surface area contributed by atoms with Crippen LogP contribution in [0.15, 0.2) is 42.7 Å². The van der Waals surface area contributed by atoms with E-state index in [0.29, 0.717) is 12.4 Å². The average molecular weight is 311 g/mol. The second kappa shape index (κ2) is 7.58. The molecule has 0 aliphatic carbocycles. The molecule has 3 rings (SSSR count). The summed E-state index contributed by atoms with van der Waals surface area (Å²) in [6, 6.07) is 11.4. The summed E-state index contributed by atoms with van der Waals surface area (Å²) >= 11 is 0. The van der Waals surface area contributed by atoms with Gasteiger partial charge in [-0.1, -0.05) is 30.3 Å². The van der Waals surface area contributed by atoms with Gasteiger partial charge in [-0.25, -0.2) is 14.8 Å². The van der Waals surface area contributed by atoms with E-state index in [1.807, 2.05) is 36.4 Å². The molecule has 1 aliphatic rings. The molecule has 1 aliphatic heterocycles. The first-order chi connectivity index (χ1) is 11.3. The third kappa shape index (κ3) is 4.42. The highest BCUT2D eigenvalue weighted by Crippen LogP contribution is 2.18. The summed E-state index contributed by atoms with van der Waals surface area (Å²) in [5, 5.41) is 5.59. The smallest absolute Gasteiger partial charge is 0.320 e. The molecule has 0 spiro atoms. The van der Waals surface area contributed by atoms with Crippen LogP contribution in [0.5, 0.6) is 0 Å². The Hall–Kier alpha value is -2.63. The van der Waals surface area contributed by atoms with Crippen molar-refractivity contribution < 1.29 is 4.79 Å². The van der Waals surface area contributed by atoms with E-state index in [1.165, 1.54) is 25.6 Å². The highest BCUT2D eigenvalue weighted by Gasteiger charge is 2.13. The van der Waals surface area contributed by atoms with Crippen molar-refractivity contribution in [3.05, 3.63) is 48.3 Å². The van der Waals surface area contributed by atoms with E-state index in [-0.39, 0.29) is 6.03 Å². The van der Waals surface area contributed by atoms with Crippen molar-refractivity contribution in [3.63, 3.8) is 0 Å².